The van der Waals surface area contributed by atoms with E-state index in [0.29, 0.717) is 17.0 Å². The smallest absolute Gasteiger partial charge is 0.326 e. The molecule has 0 saturated heterocycles. The molecule has 4 aromatic rings. The van der Waals surface area contributed by atoms with E-state index in [2.05, 4.69) is 45.9 Å². The van der Waals surface area contributed by atoms with E-state index in [1.165, 1.54) is 25.0 Å². The molecule has 3 heterocycles. The van der Waals surface area contributed by atoms with Crippen LogP contribution in [0.15, 0.2) is 60.5 Å². The van der Waals surface area contributed by atoms with Crippen LogP contribution >= 0.6 is 0 Å². The van der Waals surface area contributed by atoms with Crippen LogP contribution in [0.3, 0.4) is 0 Å². The van der Waals surface area contributed by atoms with Crippen molar-refractivity contribution >= 4 is 40.6 Å². The number of aromatic nitrogens is 5. The first-order valence-corrected chi connectivity index (χ1v) is 14.5. The molecule has 0 aliphatic heterocycles. The van der Waals surface area contributed by atoms with Gasteiger partial charge in [0.25, 0.3) is 0 Å². The highest BCUT2D eigenvalue weighted by Gasteiger charge is 2.31. The first-order chi connectivity index (χ1) is 22.1. The number of nitrogens with zero attached hydrogens (tertiary/aromatic N) is 3. The number of guanidine groups is 1. The van der Waals surface area contributed by atoms with Gasteiger partial charge in [0.15, 0.2) is 5.96 Å². The minimum absolute atomic E-state index is 0.00746. The number of hydrogen-bond acceptors (Lipinski definition) is 8. The van der Waals surface area contributed by atoms with Gasteiger partial charge in [-0.1, -0.05) is 18.2 Å². The zero-order valence-electron chi connectivity index (χ0n) is 24.9. The molecule has 0 spiro atoms. The summed E-state index contributed by atoms with van der Waals surface area (Å²) in [6.45, 7) is 0.163. The summed E-state index contributed by atoms with van der Waals surface area (Å²) in [6.07, 6.45) is 8.11. The number of aliphatic carboxylic acids is 1. The number of nitrogens with two attached hydrogens (primary N) is 3. The van der Waals surface area contributed by atoms with Gasteiger partial charge in [-0.2, -0.15) is 0 Å². The topological polar surface area (TPSA) is 288 Å². The lowest BCUT2D eigenvalue weighted by molar-refractivity contribution is -0.142. The Morgan fingerprint density at radius 3 is 2.11 bits per heavy atom. The highest BCUT2D eigenvalue weighted by atomic mass is 16.4. The Morgan fingerprint density at radius 1 is 0.826 bits per heavy atom. The van der Waals surface area contributed by atoms with Crippen molar-refractivity contribution in [2.24, 2.45) is 22.2 Å². The largest absolute Gasteiger partial charge is 0.480 e. The highest BCUT2D eigenvalue weighted by molar-refractivity contribution is 5.94. The number of imidazole rings is 2. The molecule has 0 saturated carbocycles. The van der Waals surface area contributed by atoms with E-state index < -0.39 is 47.9 Å². The van der Waals surface area contributed by atoms with Crippen LogP contribution in [0.4, 0.5) is 0 Å². The van der Waals surface area contributed by atoms with Crippen molar-refractivity contribution in [1.29, 1.82) is 0 Å². The third-order valence-electron chi connectivity index (χ3n) is 7.24. The number of carboxylic acids is 1. The minimum Gasteiger partial charge on any atom is -0.480 e. The molecule has 3 aromatic heterocycles. The van der Waals surface area contributed by atoms with E-state index >= 15 is 0 Å². The molecule has 244 valence electrons. The van der Waals surface area contributed by atoms with Crippen LogP contribution in [0.2, 0.25) is 0 Å². The first kappa shape index (κ1) is 33.2. The lowest BCUT2D eigenvalue weighted by Gasteiger charge is -2.25. The molecule has 4 rings (SSSR count). The lowest BCUT2D eigenvalue weighted by Crippen LogP contribution is -2.58. The SMILES string of the molecule is NC(N)=NCCCC(NC(=O)C(Cc1cnc[nH]1)NC(=O)C(N)Cc1cnc[nH]1)C(=O)NC(Cc1c[nH]c2ccccc12)C(=O)O. The summed E-state index contributed by atoms with van der Waals surface area (Å²) < 4.78 is 0. The fourth-order valence-electron chi connectivity index (χ4n) is 4.87. The Hall–Kier alpha value is -5.71. The first-order valence-electron chi connectivity index (χ1n) is 14.5. The minimum atomic E-state index is -1.30. The number of nitrogens with one attached hydrogen (secondary N) is 6. The average molecular weight is 635 g/mol. The maximum absolute atomic E-state index is 13.6. The Balaban J connectivity index is 1.49. The number of carbonyl (C=O) groups excluding carboxylic acids is 3. The van der Waals surface area contributed by atoms with Gasteiger partial charge in [-0.3, -0.25) is 19.4 Å². The molecule has 4 atom stereocenters. The molecule has 1 aromatic carbocycles. The van der Waals surface area contributed by atoms with Gasteiger partial charge in [0.05, 0.1) is 18.7 Å². The number of H-pyrrole nitrogens is 3. The van der Waals surface area contributed by atoms with Crippen molar-refractivity contribution in [3.63, 3.8) is 0 Å². The fourth-order valence-corrected chi connectivity index (χ4v) is 4.87. The van der Waals surface area contributed by atoms with Crippen LogP contribution in [0.5, 0.6) is 0 Å². The molecule has 0 radical (unpaired) electrons. The van der Waals surface area contributed by atoms with Crippen LogP contribution in [-0.4, -0.2) is 90.4 Å². The number of para-hydroxylation sites is 1. The fraction of sp³-hybridized carbons (Fsp3) is 0.345. The number of amides is 3. The number of rotatable bonds is 17. The average Bonchev–Trinajstić information content (AvgIpc) is 3.81. The Kier molecular flexibility index (Phi) is 11.4. The number of aliphatic imine (C=N–C) groups is 1. The Morgan fingerprint density at radius 2 is 1.46 bits per heavy atom. The number of aromatic amines is 3. The highest BCUT2D eigenvalue weighted by Crippen LogP contribution is 2.19. The summed E-state index contributed by atoms with van der Waals surface area (Å²) in [5.74, 6) is -3.41. The number of hydrogen-bond donors (Lipinski definition) is 10. The van der Waals surface area contributed by atoms with E-state index in [4.69, 9.17) is 17.2 Å². The molecular formula is C29H38N12O5. The van der Waals surface area contributed by atoms with E-state index in [1.54, 1.807) is 6.20 Å². The summed E-state index contributed by atoms with van der Waals surface area (Å²) in [6, 6.07) is 2.74. The molecule has 0 bridgehead atoms. The monoisotopic (exact) mass is 634 g/mol. The third kappa shape index (κ3) is 9.39. The summed E-state index contributed by atoms with van der Waals surface area (Å²) in [5, 5.41) is 18.7. The molecular weight excluding hydrogens is 596 g/mol. The number of carbonyl (C=O) groups is 4. The van der Waals surface area contributed by atoms with E-state index in [0.717, 1.165) is 10.9 Å². The van der Waals surface area contributed by atoms with Gasteiger partial charge in [0, 0.05) is 66.7 Å². The van der Waals surface area contributed by atoms with Crippen molar-refractivity contribution in [1.82, 2.24) is 40.9 Å². The second kappa shape index (κ2) is 15.8. The van der Waals surface area contributed by atoms with Crippen molar-refractivity contribution in [2.75, 3.05) is 6.54 Å². The van der Waals surface area contributed by atoms with Gasteiger partial charge in [0.1, 0.15) is 18.1 Å². The van der Waals surface area contributed by atoms with E-state index in [1.807, 2.05) is 24.3 Å². The second-order valence-corrected chi connectivity index (χ2v) is 10.7. The van der Waals surface area contributed by atoms with E-state index in [9.17, 15) is 24.3 Å². The molecule has 13 N–H and O–H groups in total. The molecule has 17 heteroatoms. The summed E-state index contributed by atoms with van der Waals surface area (Å²) in [5.41, 5.74) is 19.6. The van der Waals surface area contributed by atoms with E-state index in [-0.39, 0.29) is 44.6 Å². The lowest BCUT2D eigenvalue weighted by atomic mass is 10.0. The standard InChI is InChI=1S/C29H38N12O5/c30-20(9-17-12-33-14-37-17)25(42)40-23(10-18-13-34-15-38-18)27(44)39-22(6-3-7-35-29(31)32)26(43)41-24(28(45)46)8-16-11-36-21-5-2-1-4-19(16)21/h1-2,4-5,11-15,20,22-24,36H,3,6-10,30H2,(H,33,37)(H,34,38)(H,39,44)(H,40,42)(H,41,43)(H,45,46)(H4,31,32,35). The zero-order chi connectivity index (χ0) is 33.1. The number of carboxylic acid groups (broad SMARTS) is 1. The van der Waals surface area contributed by atoms with Gasteiger partial charge in [-0.15, -0.1) is 0 Å². The molecule has 0 aliphatic carbocycles. The van der Waals surface area contributed by atoms with Gasteiger partial charge in [-0.05, 0) is 24.5 Å². The zero-order valence-corrected chi connectivity index (χ0v) is 24.9. The molecule has 0 aliphatic rings. The van der Waals surface area contributed by atoms with Crippen LogP contribution in [0.1, 0.15) is 29.8 Å². The van der Waals surface area contributed by atoms with Crippen LogP contribution in [0.25, 0.3) is 10.9 Å². The van der Waals surface area contributed by atoms with Crippen molar-refractivity contribution in [2.45, 2.75) is 56.3 Å². The van der Waals surface area contributed by atoms with Crippen LogP contribution in [0, 0.1) is 0 Å². The molecule has 46 heavy (non-hydrogen) atoms. The maximum atomic E-state index is 13.6. The summed E-state index contributed by atoms with van der Waals surface area (Å²) in [4.78, 5) is 73.1. The second-order valence-electron chi connectivity index (χ2n) is 10.7. The van der Waals surface area contributed by atoms with Crippen LogP contribution in [-0.2, 0) is 38.4 Å². The molecule has 3 amide bonds. The normalized spacial score (nSPS) is 13.7. The van der Waals surface area contributed by atoms with Crippen molar-refractivity contribution in [3.8, 4) is 0 Å². The summed E-state index contributed by atoms with van der Waals surface area (Å²) >= 11 is 0. The quantitative estimate of drug-likeness (QED) is 0.0367. The Bertz CT molecular complexity index is 1630. The predicted octanol–water partition coefficient (Wildman–Crippen LogP) is -1.44. The molecule has 17 nitrogen and oxygen atoms in total. The Labute approximate surface area is 263 Å². The molecule has 0 fully saturated rings. The van der Waals surface area contributed by atoms with Gasteiger partial charge >= 0.3 is 5.97 Å². The predicted molar refractivity (Wildman–Crippen MR) is 168 cm³/mol. The summed E-state index contributed by atoms with van der Waals surface area (Å²) in [7, 11) is 0. The van der Waals surface area contributed by atoms with Gasteiger partial charge in [0.2, 0.25) is 17.7 Å². The number of benzene rings is 1. The number of fused-ring (bicyclic) bond motifs is 1. The van der Waals surface area contributed by atoms with Crippen molar-refractivity contribution < 1.29 is 24.3 Å². The van der Waals surface area contributed by atoms with Crippen molar-refractivity contribution in [3.05, 3.63) is 72.5 Å². The van der Waals surface area contributed by atoms with Crippen LogP contribution < -0.4 is 33.2 Å². The maximum Gasteiger partial charge on any atom is 0.326 e. The molecule has 4 unspecified atom stereocenters. The van der Waals surface area contributed by atoms with Gasteiger partial charge in [-0.25, -0.2) is 14.8 Å². The third-order valence-corrected chi connectivity index (χ3v) is 7.24. The van der Waals surface area contributed by atoms with Gasteiger partial charge < -0.3 is 53.2 Å².